The molecule has 472 valence electrons. The summed E-state index contributed by atoms with van der Waals surface area (Å²) in [5.41, 5.74) is 0. The van der Waals surface area contributed by atoms with Gasteiger partial charge in [0, 0.05) is 6.42 Å². The second-order valence-electron chi connectivity index (χ2n) is 25.2. The molecule has 0 rings (SSSR count). The van der Waals surface area contributed by atoms with Gasteiger partial charge in [-0.3, -0.25) is 9.36 Å². The van der Waals surface area contributed by atoms with Crippen LogP contribution in [0.1, 0.15) is 348 Å². The van der Waals surface area contributed by atoms with E-state index in [9.17, 15) is 19.4 Å². The van der Waals surface area contributed by atoms with Crippen molar-refractivity contribution in [3.63, 3.8) is 0 Å². The Labute approximate surface area is 499 Å². The van der Waals surface area contributed by atoms with Crippen LogP contribution in [-0.2, 0) is 18.4 Å². The van der Waals surface area contributed by atoms with E-state index >= 15 is 0 Å². The van der Waals surface area contributed by atoms with Crippen molar-refractivity contribution in [1.29, 1.82) is 0 Å². The summed E-state index contributed by atoms with van der Waals surface area (Å²) in [5.74, 6) is -0.202. The van der Waals surface area contributed by atoms with Gasteiger partial charge in [0.25, 0.3) is 7.82 Å². The largest absolute Gasteiger partial charge is 0.756 e. The van der Waals surface area contributed by atoms with Crippen molar-refractivity contribution in [2.24, 2.45) is 0 Å². The first kappa shape index (κ1) is 78.5. The molecule has 8 nitrogen and oxygen atoms in total. The van der Waals surface area contributed by atoms with E-state index in [0.717, 1.165) is 44.9 Å². The smallest absolute Gasteiger partial charge is 0.268 e. The molecule has 0 aliphatic heterocycles. The summed E-state index contributed by atoms with van der Waals surface area (Å²) in [6.07, 6.45) is 83.8. The topological polar surface area (TPSA) is 108 Å². The molecule has 0 saturated carbocycles. The lowest BCUT2D eigenvalue weighted by Gasteiger charge is -2.29. The Kier molecular flexibility index (Phi) is 60.8. The molecular weight excluding hydrogens is 1010 g/mol. The fraction of sp³-hybridized carbons (Fsp3) is 0.873. The molecule has 0 bridgehead atoms. The Hall–Kier alpha value is -1.54. The van der Waals surface area contributed by atoms with Gasteiger partial charge in [0.15, 0.2) is 0 Å². The van der Waals surface area contributed by atoms with Crippen molar-refractivity contribution in [2.45, 2.75) is 360 Å². The summed E-state index contributed by atoms with van der Waals surface area (Å²) in [4.78, 5) is 25.6. The van der Waals surface area contributed by atoms with Gasteiger partial charge in [0.2, 0.25) is 5.91 Å². The molecule has 9 heteroatoms. The molecule has 1 amide bonds. The number of nitrogens with zero attached hydrogens (tertiary/aromatic N) is 1. The van der Waals surface area contributed by atoms with Crippen molar-refractivity contribution >= 4 is 13.7 Å². The summed E-state index contributed by atoms with van der Waals surface area (Å²) in [6, 6.07) is -0.905. The SMILES string of the molecule is CCCCCCCCCCCCC/C=C\C/C=C\CCCCCCCCCCCCCCCCCCCC(=O)NC(COP(=O)([O-])OCC[N+](C)(C)C)C(O)/C=C/CC/C=C/CCCCCCCCCCCCCCCCCCC. The fourth-order valence-electron chi connectivity index (χ4n) is 10.6. The molecular formula is C71H137N2O6P. The minimum atomic E-state index is -4.61. The summed E-state index contributed by atoms with van der Waals surface area (Å²) < 4.78 is 23.4. The van der Waals surface area contributed by atoms with E-state index in [1.165, 1.54) is 283 Å². The third kappa shape index (κ3) is 64.0. The van der Waals surface area contributed by atoms with Crippen molar-refractivity contribution in [2.75, 3.05) is 40.9 Å². The van der Waals surface area contributed by atoms with E-state index in [0.29, 0.717) is 17.4 Å². The minimum Gasteiger partial charge on any atom is -0.756 e. The first-order chi connectivity index (χ1) is 39.0. The number of allylic oxidation sites excluding steroid dienone is 7. The van der Waals surface area contributed by atoms with Gasteiger partial charge in [-0.25, -0.2) is 0 Å². The molecule has 0 spiro atoms. The number of carbonyl (C=O) groups is 1. The average molecular weight is 1150 g/mol. The van der Waals surface area contributed by atoms with Gasteiger partial charge < -0.3 is 28.8 Å². The zero-order valence-electron chi connectivity index (χ0n) is 54.0. The molecule has 0 aliphatic rings. The van der Waals surface area contributed by atoms with Crippen LogP contribution < -0.4 is 10.2 Å². The lowest BCUT2D eigenvalue weighted by atomic mass is 10.0. The number of aliphatic hydroxyl groups is 1. The van der Waals surface area contributed by atoms with Crippen LogP contribution in [0, 0.1) is 0 Å². The Morgan fingerprint density at radius 3 is 1.09 bits per heavy atom. The molecule has 0 aromatic rings. The van der Waals surface area contributed by atoms with E-state index < -0.39 is 26.6 Å². The van der Waals surface area contributed by atoms with E-state index in [1.807, 2.05) is 27.2 Å². The normalized spacial score (nSPS) is 13.9. The highest BCUT2D eigenvalue weighted by Crippen LogP contribution is 2.38. The van der Waals surface area contributed by atoms with Crippen LogP contribution in [0.3, 0.4) is 0 Å². The summed E-state index contributed by atoms with van der Waals surface area (Å²) >= 11 is 0. The zero-order valence-corrected chi connectivity index (χ0v) is 54.9. The second-order valence-corrected chi connectivity index (χ2v) is 26.6. The Bertz CT molecular complexity index is 1440. The average Bonchev–Trinajstić information content (AvgIpc) is 3.42. The minimum absolute atomic E-state index is 0.00568. The zero-order chi connectivity index (χ0) is 58.4. The quantitative estimate of drug-likeness (QED) is 0.0272. The van der Waals surface area contributed by atoms with Gasteiger partial charge in [-0.1, -0.05) is 326 Å². The molecule has 0 heterocycles. The van der Waals surface area contributed by atoms with Crippen LogP contribution in [-0.4, -0.2) is 68.5 Å². The molecule has 0 aliphatic carbocycles. The van der Waals surface area contributed by atoms with E-state index in [4.69, 9.17) is 9.05 Å². The number of aliphatic hydroxyl groups excluding tert-OH is 1. The van der Waals surface area contributed by atoms with Gasteiger partial charge in [0.1, 0.15) is 13.2 Å². The standard InChI is InChI=1S/C71H137N2O6P/c1-6-8-10-12-14-16-18-20-22-24-26-28-30-31-32-33-34-35-36-37-38-39-40-41-43-45-47-49-51-53-55-57-59-61-63-65-71(75)72-69(68-79-80(76,77)78-67-66-73(3,4)5)70(74)64-62-60-58-56-54-52-50-48-46-44-42-29-27-25-23-21-19-17-15-13-11-9-7-2/h30-31,33-34,54,56,62,64,69-70,74H,6-29,32,35-53,55,57-61,63,65-68H2,1-5H3,(H-,72,75,76,77)/b31-30-,34-33-,56-54+,64-62+. The van der Waals surface area contributed by atoms with Crippen LogP contribution in [0.4, 0.5) is 0 Å². The number of unbranched alkanes of at least 4 members (excludes halogenated alkanes) is 46. The second kappa shape index (κ2) is 62.0. The van der Waals surface area contributed by atoms with Gasteiger partial charge in [-0.15, -0.1) is 0 Å². The van der Waals surface area contributed by atoms with E-state index in [-0.39, 0.29) is 12.5 Å². The molecule has 0 fully saturated rings. The number of rotatable bonds is 65. The summed E-state index contributed by atoms with van der Waals surface area (Å²) in [7, 11) is 1.26. The predicted octanol–water partition coefficient (Wildman–Crippen LogP) is 21.6. The molecule has 0 radical (unpaired) electrons. The summed E-state index contributed by atoms with van der Waals surface area (Å²) in [6.45, 7) is 4.68. The maximum Gasteiger partial charge on any atom is 0.268 e. The van der Waals surface area contributed by atoms with Crippen molar-refractivity contribution in [1.82, 2.24) is 5.32 Å². The third-order valence-electron chi connectivity index (χ3n) is 16.0. The van der Waals surface area contributed by atoms with Gasteiger partial charge in [0.05, 0.1) is 39.9 Å². The lowest BCUT2D eigenvalue weighted by Crippen LogP contribution is -2.45. The van der Waals surface area contributed by atoms with Crippen LogP contribution in [0.2, 0.25) is 0 Å². The third-order valence-corrected chi connectivity index (χ3v) is 17.0. The number of hydrogen-bond acceptors (Lipinski definition) is 6. The highest BCUT2D eigenvalue weighted by atomic mass is 31.2. The van der Waals surface area contributed by atoms with Crippen molar-refractivity contribution in [3.8, 4) is 0 Å². The Morgan fingerprint density at radius 2 is 0.738 bits per heavy atom. The first-order valence-corrected chi connectivity index (χ1v) is 36.5. The monoisotopic (exact) mass is 1150 g/mol. The molecule has 80 heavy (non-hydrogen) atoms. The Balaban J connectivity index is 4.05. The number of phosphoric acid groups is 1. The van der Waals surface area contributed by atoms with Crippen LogP contribution >= 0.6 is 7.82 Å². The van der Waals surface area contributed by atoms with Crippen LogP contribution in [0.25, 0.3) is 0 Å². The number of quaternary nitrogens is 1. The van der Waals surface area contributed by atoms with Crippen molar-refractivity contribution < 1.29 is 32.9 Å². The summed E-state index contributed by atoms with van der Waals surface area (Å²) in [5, 5.41) is 13.9. The number of nitrogens with one attached hydrogen (secondary N) is 1. The number of amides is 1. The number of hydrogen-bond donors (Lipinski definition) is 2. The molecule has 3 atom stereocenters. The molecule has 3 unspecified atom stereocenters. The molecule has 0 saturated heterocycles. The maximum atomic E-state index is 13.0. The number of phosphoric ester groups is 1. The van der Waals surface area contributed by atoms with Gasteiger partial charge >= 0.3 is 0 Å². The molecule has 0 aromatic carbocycles. The number of carbonyl (C=O) groups excluding carboxylic acids is 1. The molecule has 0 aromatic heterocycles. The fourth-order valence-corrected chi connectivity index (χ4v) is 11.3. The lowest BCUT2D eigenvalue weighted by molar-refractivity contribution is -0.870. The van der Waals surface area contributed by atoms with E-state index in [1.54, 1.807) is 6.08 Å². The van der Waals surface area contributed by atoms with Crippen molar-refractivity contribution in [3.05, 3.63) is 48.6 Å². The van der Waals surface area contributed by atoms with Crippen LogP contribution in [0.5, 0.6) is 0 Å². The van der Waals surface area contributed by atoms with Gasteiger partial charge in [-0.05, 0) is 64.2 Å². The first-order valence-electron chi connectivity index (χ1n) is 35.0. The highest BCUT2D eigenvalue weighted by molar-refractivity contribution is 7.45. The van der Waals surface area contributed by atoms with Crippen LogP contribution in [0.15, 0.2) is 48.6 Å². The Morgan fingerprint density at radius 1 is 0.438 bits per heavy atom. The highest BCUT2D eigenvalue weighted by Gasteiger charge is 2.23. The number of likely N-dealkylation sites (N-methyl/N-ethyl adjacent to an activating group) is 1. The van der Waals surface area contributed by atoms with E-state index in [2.05, 4.69) is 55.6 Å². The van der Waals surface area contributed by atoms with Gasteiger partial charge in [-0.2, -0.15) is 0 Å². The molecule has 2 N–H and O–H groups in total. The maximum absolute atomic E-state index is 13.0. The predicted molar refractivity (Wildman–Crippen MR) is 348 cm³/mol.